The molecule has 86 valence electrons. The molecule has 0 radical (unpaired) electrons. The second-order valence-electron chi connectivity index (χ2n) is 4.65. The van der Waals surface area contributed by atoms with Crippen molar-refractivity contribution in [3.05, 3.63) is 23.8 Å². The van der Waals surface area contributed by atoms with E-state index in [1.807, 2.05) is 6.07 Å². The number of benzene rings is 1. The van der Waals surface area contributed by atoms with Crippen LogP contribution in [0.1, 0.15) is 24.8 Å². The van der Waals surface area contributed by atoms with E-state index in [1.165, 1.54) is 12.0 Å². The summed E-state index contributed by atoms with van der Waals surface area (Å²) in [5.74, 6) is 2.41. The third-order valence-corrected chi connectivity index (χ3v) is 3.39. The first-order valence-corrected chi connectivity index (χ1v) is 5.96. The van der Waals surface area contributed by atoms with E-state index in [0.717, 1.165) is 18.0 Å². The average Bonchev–Trinajstić information content (AvgIpc) is 2.75. The highest BCUT2D eigenvalue weighted by Crippen LogP contribution is 2.35. The van der Waals surface area contributed by atoms with Gasteiger partial charge in [-0.25, -0.2) is 0 Å². The molecule has 1 N–H and O–H groups in total. The van der Waals surface area contributed by atoms with Gasteiger partial charge in [0.1, 0.15) is 13.2 Å². The lowest BCUT2D eigenvalue weighted by Gasteiger charge is -2.20. The largest absolute Gasteiger partial charge is 0.486 e. The summed E-state index contributed by atoms with van der Waals surface area (Å²) in [6.45, 7) is 4.63. The number of hydrogen-bond donors (Lipinski definition) is 1. The molecule has 16 heavy (non-hydrogen) atoms. The molecule has 3 rings (SSSR count). The van der Waals surface area contributed by atoms with Crippen LogP contribution in [-0.4, -0.2) is 25.8 Å². The summed E-state index contributed by atoms with van der Waals surface area (Å²) in [6.07, 6.45) is 1.21. The molecule has 1 aromatic carbocycles. The molecule has 0 aliphatic carbocycles. The fraction of sp³-hybridized carbons (Fsp3) is 0.538. The lowest BCUT2D eigenvalue weighted by atomic mass is 9.96. The predicted octanol–water partition coefficient (Wildman–Crippen LogP) is 1.92. The van der Waals surface area contributed by atoms with Crippen LogP contribution in [-0.2, 0) is 0 Å². The summed E-state index contributed by atoms with van der Waals surface area (Å²) in [5, 5.41) is 3.48. The van der Waals surface area contributed by atoms with Gasteiger partial charge in [-0.1, -0.05) is 6.07 Å². The Morgan fingerprint density at radius 3 is 2.75 bits per heavy atom. The van der Waals surface area contributed by atoms with Crippen LogP contribution in [0, 0.1) is 0 Å². The van der Waals surface area contributed by atoms with E-state index in [2.05, 4.69) is 24.4 Å². The highest BCUT2D eigenvalue weighted by Gasteiger charge is 2.23. The van der Waals surface area contributed by atoms with E-state index in [1.54, 1.807) is 0 Å². The molecule has 3 nitrogen and oxygen atoms in total. The van der Waals surface area contributed by atoms with Crippen LogP contribution in [0.25, 0.3) is 0 Å². The molecule has 0 aromatic heterocycles. The van der Waals surface area contributed by atoms with Gasteiger partial charge in [-0.15, -0.1) is 0 Å². The summed E-state index contributed by atoms with van der Waals surface area (Å²) < 4.78 is 11.1. The maximum Gasteiger partial charge on any atom is 0.161 e. The topological polar surface area (TPSA) is 30.5 Å². The average molecular weight is 219 g/mol. The van der Waals surface area contributed by atoms with Crippen LogP contribution in [0.5, 0.6) is 11.5 Å². The van der Waals surface area contributed by atoms with Gasteiger partial charge in [0, 0.05) is 12.6 Å². The zero-order chi connectivity index (χ0) is 11.0. The van der Waals surface area contributed by atoms with Crippen LogP contribution in [0.2, 0.25) is 0 Å². The molecular formula is C13H17NO2. The SMILES string of the molecule is CC1CC(c2ccc3c(c2)OCCO3)CN1. The smallest absolute Gasteiger partial charge is 0.161 e. The first-order chi connectivity index (χ1) is 7.83. The van der Waals surface area contributed by atoms with Crippen molar-refractivity contribution in [2.24, 2.45) is 0 Å². The first kappa shape index (κ1) is 9.97. The highest BCUT2D eigenvalue weighted by atomic mass is 16.6. The summed E-state index contributed by atoms with van der Waals surface area (Å²) >= 11 is 0. The standard InChI is InChI=1S/C13H17NO2/c1-9-6-11(8-14-9)10-2-3-12-13(7-10)16-5-4-15-12/h2-3,7,9,11,14H,4-6,8H2,1H3. The normalized spacial score (nSPS) is 28.1. The molecule has 1 aromatic rings. The molecule has 2 heterocycles. The Morgan fingerprint density at radius 1 is 1.19 bits per heavy atom. The minimum atomic E-state index is 0.617. The third kappa shape index (κ3) is 1.76. The molecule has 2 atom stereocenters. The van der Waals surface area contributed by atoms with E-state index >= 15 is 0 Å². The maximum absolute atomic E-state index is 5.61. The van der Waals surface area contributed by atoms with E-state index in [0.29, 0.717) is 25.2 Å². The second kappa shape index (κ2) is 3.98. The summed E-state index contributed by atoms with van der Waals surface area (Å²) in [4.78, 5) is 0. The van der Waals surface area contributed by atoms with Crippen molar-refractivity contribution in [1.82, 2.24) is 5.32 Å². The van der Waals surface area contributed by atoms with E-state index in [9.17, 15) is 0 Å². The van der Waals surface area contributed by atoms with Crippen LogP contribution in [0.15, 0.2) is 18.2 Å². The van der Waals surface area contributed by atoms with Gasteiger partial charge < -0.3 is 14.8 Å². The fourth-order valence-corrected chi connectivity index (χ4v) is 2.50. The van der Waals surface area contributed by atoms with Gasteiger partial charge in [0.2, 0.25) is 0 Å². The molecule has 2 aliphatic rings. The Hall–Kier alpha value is -1.22. The Bertz CT molecular complexity index is 392. The Kier molecular flexibility index (Phi) is 2.48. The van der Waals surface area contributed by atoms with Crippen molar-refractivity contribution in [3.63, 3.8) is 0 Å². The number of hydrogen-bond acceptors (Lipinski definition) is 3. The van der Waals surface area contributed by atoms with Gasteiger partial charge in [0.25, 0.3) is 0 Å². The van der Waals surface area contributed by atoms with Crippen molar-refractivity contribution in [3.8, 4) is 11.5 Å². The van der Waals surface area contributed by atoms with Crippen LogP contribution in [0.3, 0.4) is 0 Å². The second-order valence-corrected chi connectivity index (χ2v) is 4.65. The minimum absolute atomic E-state index is 0.617. The summed E-state index contributed by atoms with van der Waals surface area (Å²) in [6, 6.07) is 6.96. The van der Waals surface area contributed by atoms with Crippen molar-refractivity contribution < 1.29 is 9.47 Å². The van der Waals surface area contributed by atoms with Gasteiger partial charge in [0.05, 0.1) is 0 Å². The van der Waals surface area contributed by atoms with Crippen molar-refractivity contribution in [2.75, 3.05) is 19.8 Å². The predicted molar refractivity (Wildman–Crippen MR) is 62.3 cm³/mol. The van der Waals surface area contributed by atoms with Crippen molar-refractivity contribution in [1.29, 1.82) is 0 Å². The monoisotopic (exact) mass is 219 g/mol. The number of nitrogens with one attached hydrogen (secondary N) is 1. The molecule has 0 amide bonds. The van der Waals surface area contributed by atoms with E-state index in [4.69, 9.17) is 9.47 Å². The van der Waals surface area contributed by atoms with Gasteiger partial charge in [0.15, 0.2) is 11.5 Å². The van der Waals surface area contributed by atoms with E-state index in [-0.39, 0.29) is 0 Å². The maximum atomic E-state index is 5.61. The van der Waals surface area contributed by atoms with Gasteiger partial charge in [-0.05, 0) is 37.0 Å². The van der Waals surface area contributed by atoms with Gasteiger partial charge >= 0.3 is 0 Å². The molecule has 2 unspecified atom stereocenters. The fourth-order valence-electron chi connectivity index (χ4n) is 2.50. The molecule has 0 bridgehead atoms. The molecule has 2 aliphatic heterocycles. The molecular weight excluding hydrogens is 202 g/mol. The Labute approximate surface area is 95.8 Å². The highest BCUT2D eigenvalue weighted by molar-refractivity contribution is 5.45. The zero-order valence-corrected chi connectivity index (χ0v) is 9.53. The molecule has 3 heteroatoms. The number of fused-ring (bicyclic) bond motifs is 1. The van der Waals surface area contributed by atoms with Crippen LogP contribution in [0.4, 0.5) is 0 Å². The molecule has 0 spiro atoms. The number of ether oxygens (including phenoxy) is 2. The summed E-state index contributed by atoms with van der Waals surface area (Å²) in [7, 11) is 0. The van der Waals surface area contributed by atoms with Crippen molar-refractivity contribution in [2.45, 2.75) is 25.3 Å². The zero-order valence-electron chi connectivity index (χ0n) is 9.53. The van der Waals surface area contributed by atoms with Gasteiger partial charge in [-0.2, -0.15) is 0 Å². The van der Waals surface area contributed by atoms with Crippen LogP contribution < -0.4 is 14.8 Å². The molecule has 1 saturated heterocycles. The minimum Gasteiger partial charge on any atom is -0.486 e. The lowest BCUT2D eigenvalue weighted by Crippen LogP contribution is -2.17. The summed E-state index contributed by atoms with van der Waals surface area (Å²) in [5.41, 5.74) is 1.36. The van der Waals surface area contributed by atoms with Crippen LogP contribution >= 0.6 is 0 Å². The van der Waals surface area contributed by atoms with E-state index < -0.39 is 0 Å². The molecule has 1 fully saturated rings. The Morgan fingerprint density at radius 2 is 2.00 bits per heavy atom. The quantitative estimate of drug-likeness (QED) is 0.782. The Balaban J connectivity index is 1.85. The van der Waals surface area contributed by atoms with Crippen molar-refractivity contribution >= 4 is 0 Å². The third-order valence-electron chi connectivity index (χ3n) is 3.39. The van der Waals surface area contributed by atoms with Gasteiger partial charge in [-0.3, -0.25) is 0 Å². The number of rotatable bonds is 1. The lowest BCUT2D eigenvalue weighted by molar-refractivity contribution is 0.171. The molecule has 0 saturated carbocycles. The first-order valence-electron chi connectivity index (χ1n) is 5.96.